The van der Waals surface area contributed by atoms with Crippen molar-refractivity contribution >= 4 is 5.78 Å². The fraction of sp³-hybridized carbons (Fsp3) is 0.625. The molecule has 0 bridgehead atoms. The minimum absolute atomic E-state index is 0.680. The van der Waals surface area contributed by atoms with Crippen LogP contribution in [0, 0.1) is 5.41 Å². The number of carbonyl (C=O) groups excluding carboxylic acids is 1. The van der Waals surface area contributed by atoms with Crippen LogP contribution in [0.2, 0.25) is 0 Å². The zero-order chi connectivity index (χ0) is 10.5. The van der Waals surface area contributed by atoms with Gasteiger partial charge < -0.3 is 20.4 Å². The van der Waals surface area contributed by atoms with Crippen molar-refractivity contribution in [2.75, 3.05) is 19.8 Å². The summed E-state index contributed by atoms with van der Waals surface area (Å²) in [5, 5.41) is 35.8. The third-order valence-electron chi connectivity index (χ3n) is 2.00. The molecule has 0 spiro atoms. The first-order chi connectivity index (χ1) is 6.07. The minimum Gasteiger partial charge on any atom is -0.395 e. The van der Waals surface area contributed by atoms with Crippen molar-refractivity contribution in [1.29, 1.82) is 0 Å². The zero-order valence-corrected chi connectivity index (χ0v) is 7.18. The van der Waals surface area contributed by atoms with E-state index in [4.69, 9.17) is 15.3 Å². The van der Waals surface area contributed by atoms with E-state index in [0.29, 0.717) is 0 Å². The maximum Gasteiger partial charge on any atom is 0.184 e. The summed E-state index contributed by atoms with van der Waals surface area (Å²) < 4.78 is 0. The Kier molecular flexibility index (Phi) is 4.79. The van der Waals surface area contributed by atoms with E-state index < -0.39 is 37.1 Å². The van der Waals surface area contributed by atoms with Gasteiger partial charge in [0.1, 0.15) is 6.10 Å². The van der Waals surface area contributed by atoms with Gasteiger partial charge in [-0.15, -0.1) is 0 Å². The summed E-state index contributed by atoms with van der Waals surface area (Å²) >= 11 is 0. The Bertz CT molecular complexity index is 177. The lowest BCUT2D eigenvalue weighted by atomic mass is 9.82. The van der Waals surface area contributed by atoms with Crippen LogP contribution < -0.4 is 0 Å². The van der Waals surface area contributed by atoms with Crippen molar-refractivity contribution < 1.29 is 25.2 Å². The third-order valence-corrected chi connectivity index (χ3v) is 2.00. The zero-order valence-electron chi connectivity index (χ0n) is 7.18. The Morgan fingerprint density at radius 2 is 1.69 bits per heavy atom. The average Bonchev–Trinajstić information content (AvgIpc) is 2.20. The van der Waals surface area contributed by atoms with Gasteiger partial charge in [-0.05, 0) is 6.08 Å². The molecule has 5 nitrogen and oxygen atoms in total. The van der Waals surface area contributed by atoms with Crippen molar-refractivity contribution in [3.63, 3.8) is 0 Å². The highest BCUT2D eigenvalue weighted by Crippen LogP contribution is 2.21. The van der Waals surface area contributed by atoms with Gasteiger partial charge in [-0.25, -0.2) is 0 Å². The Hall–Kier alpha value is -0.750. The van der Waals surface area contributed by atoms with Crippen LogP contribution in [0.25, 0.3) is 0 Å². The van der Waals surface area contributed by atoms with E-state index in [1.807, 2.05) is 0 Å². The van der Waals surface area contributed by atoms with Gasteiger partial charge >= 0.3 is 0 Å². The molecule has 0 heterocycles. The monoisotopic (exact) mass is 190 g/mol. The highest BCUT2D eigenvalue weighted by Gasteiger charge is 2.39. The van der Waals surface area contributed by atoms with Crippen LogP contribution in [-0.2, 0) is 4.79 Å². The van der Waals surface area contributed by atoms with Crippen LogP contribution >= 0.6 is 0 Å². The maximum absolute atomic E-state index is 10.9. The summed E-state index contributed by atoms with van der Waals surface area (Å²) in [6.07, 6.45) is -0.759. The van der Waals surface area contributed by atoms with E-state index in [0.717, 1.165) is 6.08 Å². The molecular weight excluding hydrogens is 176 g/mol. The Morgan fingerprint density at radius 3 is 1.92 bits per heavy atom. The van der Waals surface area contributed by atoms with E-state index in [-0.39, 0.29) is 0 Å². The summed E-state index contributed by atoms with van der Waals surface area (Å²) in [5.41, 5.74) is -1.59. The van der Waals surface area contributed by atoms with Crippen LogP contribution in [0.4, 0.5) is 0 Å². The second-order valence-electron chi connectivity index (χ2n) is 2.85. The summed E-state index contributed by atoms with van der Waals surface area (Å²) in [5.74, 6) is -0.739. The second-order valence-corrected chi connectivity index (χ2v) is 2.85. The minimum atomic E-state index is -1.63. The molecule has 0 aliphatic heterocycles. The van der Waals surface area contributed by atoms with Crippen LogP contribution in [0.1, 0.15) is 0 Å². The van der Waals surface area contributed by atoms with E-state index >= 15 is 0 Å². The molecule has 0 radical (unpaired) electrons. The fourth-order valence-electron chi connectivity index (χ4n) is 0.823. The molecule has 0 aromatic rings. The van der Waals surface area contributed by atoms with E-state index in [9.17, 15) is 9.90 Å². The number of rotatable bonds is 6. The topological polar surface area (TPSA) is 98.0 Å². The molecule has 13 heavy (non-hydrogen) atoms. The number of hydrogen-bond donors (Lipinski definition) is 4. The first-order valence-electron chi connectivity index (χ1n) is 3.75. The number of ketones is 1. The van der Waals surface area contributed by atoms with Crippen LogP contribution in [0.5, 0.6) is 0 Å². The second kappa shape index (κ2) is 5.08. The molecule has 76 valence electrons. The highest BCUT2D eigenvalue weighted by atomic mass is 16.3. The molecule has 1 atom stereocenters. The predicted octanol–water partition coefficient (Wildman–Crippen LogP) is -1.93. The van der Waals surface area contributed by atoms with E-state index in [1.165, 1.54) is 0 Å². The smallest absolute Gasteiger partial charge is 0.184 e. The van der Waals surface area contributed by atoms with Crippen molar-refractivity contribution in [3.05, 3.63) is 12.7 Å². The standard InChI is InChI=1S/C8H14O5/c1-2-6(12)7(13)8(3-9,4-10)5-11/h2,7,9-11,13H,1,3-5H2. The first-order valence-corrected chi connectivity index (χ1v) is 3.75. The first kappa shape index (κ1) is 12.2. The summed E-state index contributed by atoms with van der Waals surface area (Å²) in [7, 11) is 0. The van der Waals surface area contributed by atoms with E-state index in [2.05, 4.69) is 6.58 Å². The number of aliphatic hydroxyl groups excluding tert-OH is 4. The van der Waals surface area contributed by atoms with Crippen molar-refractivity contribution in [1.82, 2.24) is 0 Å². The quantitative estimate of drug-likeness (QED) is 0.365. The van der Waals surface area contributed by atoms with Gasteiger partial charge in [-0.2, -0.15) is 0 Å². The fourth-order valence-corrected chi connectivity index (χ4v) is 0.823. The van der Waals surface area contributed by atoms with Crippen LogP contribution in [0.3, 0.4) is 0 Å². The molecule has 0 aliphatic rings. The van der Waals surface area contributed by atoms with Crippen molar-refractivity contribution in [3.8, 4) is 0 Å². The van der Waals surface area contributed by atoms with Gasteiger partial charge in [0.15, 0.2) is 5.78 Å². The van der Waals surface area contributed by atoms with Crippen molar-refractivity contribution in [2.24, 2.45) is 5.41 Å². The normalized spacial score (nSPS) is 13.8. The molecule has 0 aliphatic carbocycles. The third kappa shape index (κ3) is 2.35. The van der Waals surface area contributed by atoms with Crippen LogP contribution in [-0.4, -0.2) is 52.1 Å². The Labute approximate surface area is 75.9 Å². The van der Waals surface area contributed by atoms with E-state index in [1.54, 1.807) is 0 Å². The van der Waals surface area contributed by atoms with Gasteiger partial charge in [0.05, 0.1) is 25.2 Å². The number of carbonyl (C=O) groups is 1. The molecule has 1 unspecified atom stereocenters. The van der Waals surface area contributed by atoms with Gasteiger partial charge in [-0.1, -0.05) is 6.58 Å². The number of aliphatic hydroxyl groups is 4. The van der Waals surface area contributed by atoms with Crippen molar-refractivity contribution in [2.45, 2.75) is 6.10 Å². The SMILES string of the molecule is C=CC(=O)C(O)C(CO)(CO)CO. The van der Waals surface area contributed by atoms with Gasteiger partial charge in [0.25, 0.3) is 0 Å². The predicted molar refractivity (Wildman–Crippen MR) is 44.9 cm³/mol. The molecule has 4 N–H and O–H groups in total. The summed E-state index contributed by atoms with van der Waals surface area (Å²) in [4.78, 5) is 10.9. The molecule has 0 aromatic heterocycles. The summed E-state index contributed by atoms with van der Waals surface area (Å²) in [6.45, 7) is 1.10. The molecule has 5 heteroatoms. The van der Waals surface area contributed by atoms with Gasteiger partial charge in [-0.3, -0.25) is 4.79 Å². The molecule has 0 saturated heterocycles. The summed E-state index contributed by atoms with van der Waals surface area (Å²) in [6, 6.07) is 0. The molecule has 0 amide bonds. The Balaban J connectivity index is 4.71. The lowest BCUT2D eigenvalue weighted by molar-refractivity contribution is -0.139. The molecule has 0 fully saturated rings. The Morgan fingerprint density at radius 1 is 1.31 bits per heavy atom. The molecule has 0 aromatic carbocycles. The maximum atomic E-state index is 10.9. The number of hydrogen-bond acceptors (Lipinski definition) is 5. The largest absolute Gasteiger partial charge is 0.395 e. The van der Waals surface area contributed by atoms with Crippen LogP contribution in [0.15, 0.2) is 12.7 Å². The van der Waals surface area contributed by atoms with Gasteiger partial charge in [0.2, 0.25) is 0 Å². The highest BCUT2D eigenvalue weighted by molar-refractivity contribution is 5.93. The lowest BCUT2D eigenvalue weighted by Gasteiger charge is -2.30. The molecular formula is C8H14O5. The van der Waals surface area contributed by atoms with Gasteiger partial charge in [0, 0.05) is 0 Å². The molecule has 0 saturated carbocycles. The lowest BCUT2D eigenvalue weighted by Crippen LogP contribution is -2.48. The average molecular weight is 190 g/mol. The molecule has 0 rings (SSSR count).